The number of nitro groups is 1. The summed E-state index contributed by atoms with van der Waals surface area (Å²) in [5.74, 6) is 0. The maximum Gasteiger partial charge on any atom is 0.326 e. The van der Waals surface area contributed by atoms with Crippen LogP contribution in [0.5, 0.6) is 0 Å². The lowest BCUT2D eigenvalue weighted by atomic mass is 10.1. The van der Waals surface area contributed by atoms with E-state index in [2.05, 4.69) is 10.3 Å². The van der Waals surface area contributed by atoms with Crippen molar-refractivity contribution in [2.24, 2.45) is 0 Å². The highest BCUT2D eigenvalue weighted by Crippen LogP contribution is 2.34. The summed E-state index contributed by atoms with van der Waals surface area (Å²) in [4.78, 5) is 28.3. The first kappa shape index (κ1) is 13.0. The van der Waals surface area contributed by atoms with E-state index < -0.39 is 4.92 Å². The Hall–Kier alpha value is -2.96. The summed E-state index contributed by atoms with van der Waals surface area (Å²) in [6.07, 6.45) is 3.64. The molecule has 0 spiro atoms. The molecular formula is C14H12N4O3. The van der Waals surface area contributed by atoms with Crippen LogP contribution in [-0.4, -0.2) is 22.5 Å². The zero-order valence-electron chi connectivity index (χ0n) is 11.0. The Bertz CT molecular complexity index is 703. The smallest absolute Gasteiger partial charge is 0.306 e. The number of aromatic nitrogens is 1. The topological polar surface area (TPSA) is 88.4 Å². The fourth-order valence-electron chi connectivity index (χ4n) is 2.43. The zero-order valence-corrected chi connectivity index (χ0v) is 11.0. The molecule has 21 heavy (non-hydrogen) atoms. The molecule has 0 atom stereocenters. The number of rotatable bonds is 2. The van der Waals surface area contributed by atoms with Gasteiger partial charge in [0.15, 0.2) is 0 Å². The average Bonchev–Trinajstić information content (AvgIpc) is 2.92. The second-order valence-corrected chi connectivity index (χ2v) is 4.61. The minimum absolute atomic E-state index is 0.0594. The summed E-state index contributed by atoms with van der Waals surface area (Å²) in [5.41, 5.74) is 1.83. The Kier molecular flexibility index (Phi) is 3.23. The maximum absolute atomic E-state index is 12.3. The summed E-state index contributed by atoms with van der Waals surface area (Å²) in [5, 5.41) is 13.7. The lowest BCUT2D eigenvalue weighted by molar-refractivity contribution is -0.385. The quantitative estimate of drug-likeness (QED) is 0.678. The van der Waals surface area contributed by atoms with E-state index in [1.54, 1.807) is 36.7 Å². The number of urea groups is 1. The van der Waals surface area contributed by atoms with Gasteiger partial charge in [0.05, 0.1) is 28.1 Å². The summed E-state index contributed by atoms with van der Waals surface area (Å²) >= 11 is 0. The lowest BCUT2D eigenvalue weighted by Crippen LogP contribution is -2.33. The number of nitrogens with zero attached hydrogens (tertiary/aromatic N) is 3. The SMILES string of the molecule is O=C(Nc1cccnc1)N1CCc2c1cccc2[N+](=O)[O-]. The molecule has 0 saturated carbocycles. The van der Waals surface area contributed by atoms with E-state index in [0.29, 0.717) is 29.9 Å². The van der Waals surface area contributed by atoms with Crippen molar-refractivity contribution in [3.8, 4) is 0 Å². The number of carbonyl (C=O) groups excluding carboxylic acids is 1. The van der Waals surface area contributed by atoms with E-state index in [4.69, 9.17) is 0 Å². The fraction of sp³-hybridized carbons (Fsp3) is 0.143. The van der Waals surface area contributed by atoms with Crippen LogP contribution in [0.1, 0.15) is 5.56 Å². The number of nitrogens with one attached hydrogen (secondary N) is 1. The number of carbonyl (C=O) groups is 1. The molecule has 0 unspecified atom stereocenters. The van der Waals surface area contributed by atoms with Gasteiger partial charge in [-0.25, -0.2) is 4.79 Å². The summed E-state index contributed by atoms with van der Waals surface area (Å²) in [6.45, 7) is 0.423. The van der Waals surface area contributed by atoms with Gasteiger partial charge in [-0.05, 0) is 24.6 Å². The monoisotopic (exact) mass is 284 g/mol. The Morgan fingerprint density at radius 3 is 2.90 bits per heavy atom. The van der Waals surface area contributed by atoms with Gasteiger partial charge in [-0.2, -0.15) is 0 Å². The van der Waals surface area contributed by atoms with Crippen LogP contribution >= 0.6 is 0 Å². The zero-order chi connectivity index (χ0) is 14.8. The maximum atomic E-state index is 12.3. The van der Waals surface area contributed by atoms with Gasteiger partial charge in [-0.3, -0.25) is 20.0 Å². The van der Waals surface area contributed by atoms with Gasteiger partial charge >= 0.3 is 6.03 Å². The van der Waals surface area contributed by atoms with Crippen molar-refractivity contribution in [1.82, 2.24) is 4.98 Å². The highest BCUT2D eigenvalue weighted by Gasteiger charge is 2.30. The molecule has 0 bridgehead atoms. The van der Waals surface area contributed by atoms with Crippen LogP contribution < -0.4 is 10.2 Å². The first-order chi connectivity index (χ1) is 10.2. The number of benzene rings is 1. The Morgan fingerprint density at radius 2 is 2.19 bits per heavy atom. The van der Waals surface area contributed by atoms with Gasteiger partial charge in [-0.1, -0.05) is 6.07 Å². The van der Waals surface area contributed by atoms with Gasteiger partial charge in [0.1, 0.15) is 0 Å². The molecule has 2 amide bonds. The Labute approximate surface area is 120 Å². The molecule has 7 nitrogen and oxygen atoms in total. The largest absolute Gasteiger partial charge is 0.326 e. The molecule has 0 radical (unpaired) electrons. The summed E-state index contributed by atoms with van der Waals surface area (Å²) in [7, 11) is 0. The van der Waals surface area contributed by atoms with Crippen LogP contribution in [0, 0.1) is 10.1 Å². The third kappa shape index (κ3) is 2.40. The van der Waals surface area contributed by atoms with E-state index >= 15 is 0 Å². The molecule has 1 aromatic carbocycles. The van der Waals surface area contributed by atoms with Crippen LogP contribution in [0.3, 0.4) is 0 Å². The summed E-state index contributed by atoms with van der Waals surface area (Å²) < 4.78 is 0. The molecule has 106 valence electrons. The van der Waals surface area contributed by atoms with Gasteiger partial charge in [0, 0.05) is 18.8 Å². The standard InChI is InChI=1S/C14H12N4O3/c19-14(16-10-3-2-7-15-9-10)17-8-6-11-12(17)4-1-5-13(11)18(20)21/h1-5,7,9H,6,8H2,(H,16,19). The fourth-order valence-corrected chi connectivity index (χ4v) is 2.43. The first-order valence-corrected chi connectivity index (χ1v) is 6.41. The van der Waals surface area contributed by atoms with Crippen molar-refractivity contribution in [1.29, 1.82) is 0 Å². The molecule has 7 heteroatoms. The van der Waals surface area contributed by atoms with Crippen LogP contribution in [0.25, 0.3) is 0 Å². The second-order valence-electron chi connectivity index (χ2n) is 4.61. The number of hydrogen-bond acceptors (Lipinski definition) is 4. The Morgan fingerprint density at radius 1 is 1.33 bits per heavy atom. The predicted molar refractivity (Wildman–Crippen MR) is 77.4 cm³/mol. The third-order valence-corrected chi connectivity index (χ3v) is 3.36. The summed E-state index contributed by atoms with van der Waals surface area (Å²) in [6, 6.07) is 7.90. The molecule has 1 N–H and O–H groups in total. The van der Waals surface area contributed by atoms with Gasteiger partial charge < -0.3 is 5.32 Å². The number of anilines is 2. The number of pyridine rings is 1. The molecule has 2 heterocycles. The minimum atomic E-state index is -0.415. The molecule has 1 aliphatic rings. The molecule has 1 aliphatic heterocycles. The first-order valence-electron chi connectivity index (χ1n) is 6.41. The molecule has 1 aromatic heterocycles. The van der Waals surface area contributed by atoms with Gasteiger partial charge in [-0.15, -0.1) is 0 Å². The van der Waals surface area contributed by atoms with Crippen molar-refractivity contribution in [3.05, 3.63) is 58.4 Å². The van der Waals surface area contributed by atoms with E-state index in [1.165, 1.54) is 11.0 Å². The van der Waals surface area contributed by atoms with E-state index in [9.17, 15) is 14.9 Å². The van der Waals surface area contributed by atoms with Crippen molar-refractivity contribution in [2.45, 2.75) is 6.42 Å². The molecule has 2 aromatic rings. The predicted octanol–water partition coefficient (Wildman–Crippen LogP) is 2.58. The molecule has 0 saturated heterocycles. The number of fused-ring (bicyclic) bond motifs is 1. The highest BCUT2D eigenvalue weighted by atomic mass is 16.6. The van der Waals surface area contributed by atoms with Gasteiger partial charge in [0.2, 0.25) is 0 Å². The number of nitro benzene ring substituents is 1. The highest BCUT2D eigenvalue weighted by molar-refractivity contribution is 6.03. The third-order valence-electron chi connectivity index (χ3n) is 3.36. The lowest BCUT2D eigenvalue weighted by Gasteiger charge is -2.17. The van der Waals surface area contributed by atoms with Crippen molar-refractivity contribution in [3.63, 3.8) is 0 Å². The van der Waals surface area contributed by atoms with Crippen LogP contribution in [0.4, 0.5) is 21.9 Å². The number of amides is 2. The van der Waals surface area contributed by atoms with Crippen LogP contribution in [0.15, 0.2) is 42.7 Å². The van der Waals surface area contributed by atoms with E-state index in [0.717, 1.165) is 0 Å². The Balaban J connectivity index is 1.86. The van der Waals surface area contributed by atoms with E-state index in [1.807, 2.05) is 0 Å². The molecule has 0 aliphatic carbocycles. The van der Waals surface area contributed by atoms with Crippen molar-refractivity contribution in [2.75, 3.05) is 16.8 Å². The molecule has 3 rings (SSSR count). The minimum Gasteiger partial charge on any atom is -0.306 e. The van der Waals surface area contributed by atoms with Crippen molar-refractivity contribution < 1.29 is 9.72 Å². The van der Waals surface area contributed by atoms with E-state index in [-0.39, 0.29) is 11.7 Å². The number of hydrogen-bond donors (Lipinski definition) is 1. The van der Waals surface area contributed by atoms with Crippen molar-refractivity contribution >= 4 is 23.1 Å². The van der Waals surface area contributed by atoms with Crippen LogP contribution in [0.2, 0.25) is 0 Å². The normalized spacial score (nSPS) is 12.9. The molecule has 0 fully saturated rings. The van der Waals surface area contributed by atoms with Crippen LogP contribution in [-0.2, 0) is 6.42 Å². The van der Waals surface area contributed by atoms with Gasteiger partial charge in [0.25, 0.3) is 5.69 Å². The average molecular weight is 284 g/mol. The molecular weight excluding hydrogens is 272 g/mol. The second kappa shape index (κ2) is 5.20.